The van der Waals surface area contributed by atoms with E-state index < -0.39 is 10.0 Å². The highest BCUT2D eigenvalue weighted by molar-refractivity contribution is 7.89. The summed E-state index contributed by atoms with van der Waals surface area (Å²) in [6, 6.07) is 7.39. The van der Waals surface area contributed by atoms with Crippen molar-refractivity contribution in [2.75, 3.05) is 13.1 Å². The fourth-order valence-electron chi connectivity index (χ4n) is 3.13. The first-order chi connectivity index (χ1) is 13.8. The number of sulfonamides is 1. The van der Waals surface area contributed by atoms with Crippen molar-refractivity contribution in [2.24, 2.45) is 7.05 Å². The zero-order valence-electron chi connectivity index (χ0n) is 16.5. The molecule has 10 heteroatoms. The topological polar surface area (TPSA) is 103 Å². The number of hydrogen-bond acceptors (Lipinski definition) is 7. The average Bonchev–Trinajstić information content (AvgIpc) is 3.43. The molecule has 0 radical (unpaired) electrons. The van der Waals surface area contributed by atoms with Crippen LogP contribution in [-0.2, 0) is 17.1 Å². The van der Waals surface area contributed by atoms with E-state index in [-0.39, 0.29) is 17.0 Å². The Balaban J connectivity index is 1.40. The highest BCUT2D eigenvalue weighted by Gasteiger charge is 2.34. The summed E-state index contributed by atoms with van der Waals surface area (Å²) in [7, 11) is -1.86. The van der Waals surface area contributed by atoms with Gasteiger partial charge in [0, 0.05) is 31.3 Å². The molecule has 0 spiro atoms. The summed E-state index contributed by atoms with van der Waals surface area (Å²) in [5.41, 5.74) is 0.832. The number of ether oxygens (including phenoxy) is 1. The number of hydrogen-bond donors (Lipinski definition) is 0. The third kappa shape index (κ3) is 4.03. The van der Waals surface area contributed by atoms with Crippen LogP contribution in [0.15, 0.2) is 46.3 Å². The maximum absolute atomic E-state index is 12.7. The van der Waals surface area contributed by atoms with Crippen LogP contribution in [0.3, 0.4) is 0 Å². The number of nitrogens with zero attached hydrogens (tertiary/aromatic N) is 5. The summed E-state index contributed by atoms with van der Waals surface area (Å²) < 4.78 is 39.6. The van der Waals surface area contributed by atoms with Gasteiger partial charge in [-0.1, -0.05) is 19.0 Å². The molecular weight excluding hydrogens is 394 g/mol. The minimum Gasteiger partial charge on any atom is -0.489 e. The van der Waals surface area contributed by atoms with Gasteiger partial charge in [-0.15, -0.1) is 0 Å². The van der Waals surface area contributed by atoms with E-state index in [0.29, 0.717) is 37.0 Å². The van der Waals surface area contributed by atoms with Crippen LogP contribution in [0.5, 0.6) is 5.75 Å². The molecule has 1 aliphatic heterocycles. The Morgan fingerprint density at radius 1 is 1.24 bits per heavy atom. The lowest BCUT2D eigenvalue weighted by atomic mass is 10.2. The Morgan fingerprint density at radius 3 is 2.62 bits per heavy atom. The van der Waals surface area contributed by atoms with Gasteiger partial charge < -0.3 is 13.8 Å². The summed E-state index contributed by atoms with van der Waals surface area (Å²) >= 11 is 0. The second-order valence-electron chi connectivity index (χ2n) is 7.40. The monoisotopic (exact) mass is 417 g/mol. The van der Waals surface area contributed by atoms with Crippen LogP contribution in [0.4, 0.5) is 0 Å². The minimum atomic E-state index is -3.60. The summed E-state index contributed by atoms with van der Waals surface area (Å²) in [5.74, 6) is 1.98. The molecule has 4 rings (SSSR count). The molecule has 9 nitrogen and oxygen atoms in total. The summed E-state index contributed by atoms with van der Waals surface area (Å²) in [6.07, 6.45) is 3.39. The Kier molecular flexibility index (Phi) is 5.13. The first kappa shape index (κ1) is 19.6. The lowest BCUT2D eigenvalue weighted by Gasteiger charge is -2.16. The van der Waals surface area contributed by atoms with Crippen molar-refractivity contribution in [3.63, 3.8) is 0 Å². The van der Waals surface area contributed by atoms with Crippen LogP contribution >= 0.6 is 0 Å². The Labute approximate surface area is 169 Å². The smallest absolute Gasteiger partial charge is 0.262 e. The van der Waals surface area contributed by atoms with Crippen molar-refractivity contribution in [3.05, 3.63) is 42.7 Å². The summed E-state index contributed by atoms with van der Waals surface area (Å²) in [5, 5.41) is 4.06. The molecule has 0 saturated carbocycles. The predicted octanol–water partition coefficient (Wildman–Crippen LogP) is 2.44. The molecule has 1 atom stereocenters. The third-order valence-corrected chi connectivity index (χ3v) is 6.49. The normalized spacial score (nSPS) is 17.9. The van der Waals surface area contributed by atoms with Crippen LogP contribution in [0.1, 0.15) is 32.1 Å². The largest absolute Gasteiger partial charge is 0.489 e. The third-order valence-electron chi connectivity index (χ3n) is 4.74. The molecule has 1 aromatic carbocycles. The molecule has 3 aromatic rings. The highest BCUT2D eigenvalue weighted by Crippen LogP contribution is 2.26. The number of imidazole rings is 1. The molecule has 2 aromatic heterocycles. The summed E-state index contributed by atoms with van der Waals surface area (Å²) in [4.78, 5) is 8.35. The maximum Gasteiger partial charge on any atom is 0.262 e. The molecule has 1 aliphatic rings. The zero-order chi connectivity index (χ0) is 20.6. The van der Waals surface area contributed by atoms with Crippen molar-refractivity contribution in [1.82, 2.24) is 24.0 Å². The van der Waals surface area contributed by atoms with Gasteiger partial charge in [0.1, 0.15) is 11.9 Å². The predicted molar refractivity (Wildman–Crippen MR) is 105 cm³/mol. The zero-order valence-corrected chi connectivity index (χ0v) is 17.3. The molecule has 0 amide bonds. The number of aryl methyl sites for hydroxylation is 1. The minimum absolute atomic E-state index is 0.0610. The molecule has 3 heterocycles. The molecule has 0 bridgehead atoms. The second kappa shape index (κ2) is 7.60. The van der Waals surface area contributed by atoms with Crippen LogP contribution in [-0.4, -0.2) is 51.6 Å². The van der Waals surface area contributed by atoms with E-state index in [4.69, 9.17) is 9.26 Å². The molecule has 0 aliphatic carbocycles. The van der Waals surface area contributed by atoms with E-state index in [1.807, 2.05) is 38.1 Å². The molecule has 0 N–H and O–H groups in total. The quantitative estimate of drug-likeness (QED) is 0.607. The van der Waals surface area contributed by atoms with E-state index in [0.717, 1.165) is 5.56 Å². The van der Waals surface area contributed by atoms with Gasteiger partial charge in [-0.25, -0.2) is 13.4 Å². The first-order valence-electron chi connectivity index (χ1n) is 9.42. The average molecular weight is 417 g/mol. The van der Waals surface area contributed by atoms with E-state index >= 15 is 0 Å². The maximum atomic E-state index is 12.7. The van der Waals surface area contributed by atoms with Gasteiger partial charge in [-0.2, -0.15) is 9.29 Å². The van der Waals surface area contributed by atoms with Gasteiger partial charge in [0.15, 0.2) is 5.03 Å². The lowest BCUT2D eigenvalue weighted by molar-refractivity contribution is 0.215. The van der Waals surface area contributed by atoms with Crippen molar-refractivity contribution in [3.8, 4) is 17.1 Å². The van der Waals surface area contributed by atoms with Gasteiger partial charge in [-0.05, 0) is 30.7 Å². The SMILES string of the molecule is CC(C)c1nc(-c2ccc(OC3CCN(S(=O)(=O)c4cn(C)cn4)C3)cc2)no1. The van der Waals surface area contributed by atoms with Crippen LogP contribution in [0.25, 0.3) is 11.4 Å². The van der Waals surface area contributed by atoms with Gasteiger partial charge in [0.2, 0.25) is 11.7 Å². The number of rotatable bonds is 6. The Bertz CT molecular complexity index is 1090. The molecular formula is C19H23N5O4S. The molecule has 154 valence electrons. The fourth-order valence-corrected chi connectivity index (χ4v) is 4.58. The Hall–Kier alpha value is -2.72. The second-order valence-corrected chi connectivity index (χ2v) is 9.29. The van der Waals surface area contributed by atoms with Crippen molar-refractivity contribution >= 4 is 10.0 Å². The van der Waals surface area contributed by atoms with Crippen LogP contribution in [0, 0.1) is 0 Å². The van der Waals surface area contributed by atoms with Crippen LogP contribution in [0.2, 0.25) is 0 Å². The van der Waals surface area contributed by atoms with Gasteiger partial charge >= 0.3 is 0 Å². The summed E-state index contributed by atoms with van der Waals surface area (Å²) in [6.45, 7) is 4.69. The van der Waals surface area contributed by atoms with E-state index in [9.17, 15) is 8.42 Å². The van der Waals surface area contributed by atoms with Gasteiger partial charge in [0.25, 0.3) is 10.0 Å². The Morgan fingerprint density at radius 2 is 2.00 bits per heavy atom. The first-order valence-corrected chi connectivity index (χ1v) is 10.9. The standard InChI is InChI=1S/C19H23N5O4S/c1-13(2)19-21-18(22-28-19)14-4-6-15(7-5-14)27-16-8-9-24(10-16)29(25,26)17-11-23(3)12-20-17/h4-7,11-13,16H,8-10H2,1-3H3. The number of benzene rings is 1. The van der Waals surface area contributed by atoms with Gasteiger partial charge in [-0.3, -0.25) is 0 Å². The molecule has 1 saturated heterocycles. The highest BCUT2D eigenvalue weighted by atomic mass is 32.2. The van der Waals surface area contributed by atoms with Crippen molar-refractivity contribution < 1.29 is 17.7 Å². The van der Waals surface area contributed by atoms with E-state index in [2.05, 4.69) is 15.1 Å². The van der Waals surface area contributed by atoms with Gasteiger partial charge in [0.05, 0.1) is 12.9 Å². The molecule has 1 fully saturated rings. The fraction of sp³-hybridized carbons (Fsp3) is 0.421. The van der Waals surface area contributed by atoms with Crippen molar-refractivity contribution in [1.29, 1.82) is 0 Å². The van der Waals surface area contributed by atoms with E-state index in [1.54, 1.807) is 11.6 Å². The lowest BCUT2D eigenvalue weighted by Crippen LogP contribution is -2.31. The number of aromatic nitrogens is 4. The van der Waals surface area contributed by atoms with Crippen molar-refractivity contribution in [2.45, 2.75) is 37.3 Å². The molecule has 1 unspecified atom stereocenters. The molecule has 29 heavy (non-hydrogen) atoms. The van der Waals surface area contributed by atoms with Crippen LogP contribution < -0.4 is 4.74 Å². The van der Waals surface area contributed by atoms with E-state index in [1.165, 1.54) is 16.8 Å².